The van der Waals surface area contributed by atoms with E-state index in [0.29, 0.717) is 11.6 Å². The second kappa shape index (κ2) is 3.77. The van der Waals surface area contributed by atoms with Crippen LogP contribution in [0.25, 0.3) is 4.96 Å². The second-order valence-electron chi connectivity index (χ2n) is 4.20. The first-order valence-corrected chi connectivity index (χ1v) is 6.33. The Kier molecular flexibility index (Phi) is 2.34. The second-order valence-corrected chi connectivity index (χ2v) is 5.19. The smallest absolute Gasteiger partial charge is 0.236 e. The number of hydrogen-bond donors (Lipinski definition) is 1. The molecule has 2 N–H and O–H groups in total. The van der Waals surface area contributed by atoms with Crippen molar-refractivity contribution in [1.29, 1.82) is 0 Å². The van der Waals surface area contributed by atoms with Crippen molar-refractivity contribution in [1.82, 2.24) is 29.6 Å². The lowest BCUT2D eigenvalue weighted by molar-refractivity contribution is 0.730. The number of aryl methyl sites for hydroxylation is 2. The lowest BCUT2D eigenvalue weighted by Crippen LogP contribution is -2.00. The standard InChI is InChI=1S/C10H13N7S/c1-5-7(6(2)16(3)14-5)4-8-12-13-10-17(8)15-9(11)18-10/h4H2,1-3H3,(H2,11,15). The normalized spacial score (nSPS) is 11.5. The van der Waals surface area contributed by atoms with E-state index in [4.69, 9.17) is 5.73 Å². The average molecular weight is 263 g/mol. The van der Waals surface area contributed by atoms with Gasteiger partial charge in [0.05, 0.1) is 5.69 Å². The van der Waals surface area contributed by atoms with Crippen LogP contribution in [0.1, 0.15) is 22.8 Å². The maximum absolute atomic E-state index is 5.66. The summed E-state index contributed by atoms with van der Waals surface area (Å²) in [5, 5.41) is 17.3. The van der Waals surface area contributed by atoms with Crippen LogP contribution in [0.2, 0.25) is 0 Å². The van der Waals surface area contributed by atoms with Gasteiger partial charge in [0.1, 0.15) is 0 Å². The topological polar surface area (TPSA) is 86.9 Å². The molecule has 0 saturated carbocycles. The van der Waals surface area contributed by atoms with Crippen molar-refractivity contribution in [3.63, 3.8) is 0 Å². The molecule has 7 nitrogen and oxygen atoms in total. The van der Waals surface area contributed by atoms with E-state index in [-0.39, 0.29) is 0 Å². The molecule has 0 aliphatic carbocycles. The van der Waals surface area contributed by atoms with Crippen molar-refractivity contribution in [2.24, 2.45) is 7.05 Å². The van der Waals surface area contributed by atoms with Gasteiger partial charge >= 0.3 is 0 Å². The molecule has 0 aliphatic heterocycles. The summed E-state index contributed by atoms with van der Waals surface area (Å²) in [4.78, 5) is 0.724. The minimum Gasteiger partial charge on any atom is -0.374 e. The van der Waals surface area contributed by atoms with Crippen molar-refractivity contribution < 1.29 is 0 Å². The summed E-state index contributed by atoms with van der Waals surface area (Å²) in [6, 6.07) is 0. The molecule has 0 atom stereocenters. The van der Waals surface area contributed by atoms with Gasteiger partial charge in [-0.1, -0.05) is 11.3 Å². The van der Waals surface area contributed by atoms with Gasteiger partial charge in [0, 0.05) is 24.7 Å². The molecule has 0 amide bonds. The van der Waals surface area contributed by atoms with E-state index in [1.807, 2.05) is 25.6 Å². The first kappa shape index (κ1) is 11.1. The first-order chi connectivity index (χ1) is 8.56. The number of fused-ring (bicyclic) bond motifs is 1. The third kappa shape index (κ3) is 1.57. The van der Waals surface area contributed by atoms with E-state index >= 15 is 0 Å². The molecule has 3 aromatic rings. The van der Waals surface area contributed by atoms with Crippen molar-refractivity contribution in [3.05, 3.63) is 22.8 Å². The van der Waals surface area contributed by atoms with E-state index in [1.54, 1.807) is 4.52 Å². The molecule has 18 heavy (non-hydrogen) atoms. The zero-order valence-corrected chi connectivity index (χ0v) is 11.2. The molecule has 0 radical (unpaired) electrons. The highest BCUT2D eigenvalue weighted by molar-refractivity contribution is 7.20. The fraction of sp³-hybridized carbons (Fsp3) is 0.400. The van der Waals surface area contributed by atoms with E-state index in [1.165, 1.54) is 16.9 Å². The van der Waals surface area contributed by atoms with Crippen molar-refractivity contribution in [2.45, 2.75) is 20.3 Å². The highest BCUT2D eigenvalue weighted by Gasteiger charge is 2.15. The number of nitrogen functional groups attached to an aromatic ring is 1. The van der Waals surface area contributed by atoms with E-state index in [0.717, 1.165) is 22.2 Å². The van der Waals surface area contributed by atoms with Gasteiger partial charge in [0.15, 0.2) is 5.82 Å². The summed E-state index contributed by atoms with van der Waals surface area (Å²) in [5.41, 5.74) is 8.97. The lowest BCUT2D eigenvalue weighted by atomic mass is 10.1. The van der Waals surface area contributed by atoms with Gasteiger partial charge in [0.25, 0.3) is 0 Å². The van der Waals surface area contributed by atoms with Gasteiger partial charge in [-0.2, -0.15) is 9.61 Å². The number of hydrogen-bond acceptors (Lipinski definition) is 6. The number of anilines is 1. The van der Waals surface area contributed by atoms with Crippen molar-refractivity contribution in [3.8, 4) is 0 Å². The van der Waals surface area contributed by atoms with Crippen molar-refractivity contribution in [2.75, 3.05) is 5.73 Å². The molecule has 8 heteroatoms. The van der Waals surface area contributed by atoms with Gasteiger partial charge in [-0.05, 0) is 13.8 Å². The minimum absolute atomic E-state index is 0.501. The SMILES string of the molecule is Cc1nn(C)c(C)c1Cc1nnc2sc(N)nn12. The zero-order valence-electron chi connectivity index (χ0n) is 10.4. The van der Waals surface area contributed by atoms with Gasteiger partial charge in [-0.15, -0.1) is 15.3 Å². The Morgan fingerprint density at radius 1 is 1.22 bits per heavy atom. The molecule has 0 aromatic carbocycles. The Labute approximate surface area is 107 Å². The molecule has 3 rings (SSSR count). The Hall–Kier alpha value is -1.96. The molecule has 0 fully saturated rings. The van der Waals surface area contributed by atoms with Crippen LogP contribution < -0.4 is 5.73 Å². The van der Waals surface area contributed by atoms with Gasteiger partial charge in [-0.25, -0.2) is 0 Å². The summed E-state index contributed by atoms with van der Waals surface area (Å²) >= 11 is 1.33. The number of nitrogens with two attached hydrogens (primary N) is 1. The maximum atomic E-state index is 5.66. The van der Waals surface area contributed by atoms with Crippen LogP contribution in [0.5, 0.6) is 0 Å². The molecule has 0 aliphatic rings. The van der Waals surface area contributed by atoms with Crippen molar-refractivity contribution >= 4 is 21.4 Å². The molecule has 0 unspecified atom stereocenters. The van der Waals surface area contributed by atoms with Crippen LogP contribution in [0.4, 0.5) is 5.13 Å². The Morgan fingerprint density at radius 3 is 2.67 bits per heavy atom. The summed E-state index contributed by atoms with van der Waals surface area (Å²) < 4.78 is 3.57. The Balaban J connectivity index is 2.06. The minimum atomic E-state index is 0.501. The van der Waals surface area contributed by atoms with E-state index in [2.05, 4.69) is 20.4 Å². The summed E-state index contributed by atoms with van der Waals surface area (Å²) in [5.74, 6) is 0.789. The monoisotopic (exact) mass is 263 g/mol. The number of aromatic nitrogens is 6. The fourth-order valence-corrected chi connectivity index (χ4v) is 2.64. The molecule has 3 heterocycles. The van der Waals surface area contributed by atoms with E-state index < -0.39 is 0 Å². The molecule has 94 valence electrons. The number of rotatable bonds is 2. The molecule has 3 aromatic heterocycles. The van der Waals surface area contributed by atoms with Gasteiger partial charge in [-0.3, -0.25) is 4.68 Å². The quantitative estimate of drug-likeness (QED) is 0.735. The summed E-state index contributed by atoms with van der Waals surface area (Å²) in [6.45, 7) is 4.04. The van der Waals surface area contributed by atoms with Gasteiger partial charge in [0.2, 0.25) is 10.1 Å². The van der Waals surface area contributed by atoms with E-state index in [9.17, 15) is 0 Å². The molecule has 0 spiro atoms. The van der Waals surface area contributed by atoms with Crippen LogP contribution in [0.15, 0.2) is 0 Å². The molecule has 0 bridgehead atoms. The van der Waals surface area contributed by atoms with Crippen LogP contribution in [-0.2, 0) is 13.5 Å². The Morgan fingerprint density at radius 2 is 2.00 bits per heavy atom. The van der Waals surface area contributed by atoms with Crippen LogP contribution >= 0.6 is 11.3 Å². The highest BCUT2D eigenvalue weighted by atomic mass is 32.1. The lowest BCUT2D eigenvalue weighted by Gasteiger charge is -1.99. The average Bonchev–Trinajstić information content (AvgIpc) is 2.90. The zero-order chi connectivity index (χ0) is 12.9. The first-order valence-electron chi connectivity index (χ1n) is 5.52. The molecular weight excluding hydrogens is 250 g/mol. The van der Waals surface area contributed by atoms with Crippen LogP contribution in [-0.4, -0.2) is 29.6 Å². The predicted octanol–water partition coefficient (Wildman–Crippen LogP) is 0.709. The third-order valence-electron chi connectivity index (χ3n) is 3.06. The molecule has 0 saturated heterocycles. The third-order valence-corrected chi connectivity index (χ3v) is 3.79. The van der Waals surface area contributed by atoms with Crippen LogP contribution in [0.3, 0.4) is 0 Å². The summed E-state index contributed by atoms with van der Waals surface area (Å²) in [7, 11) is 1.94. The fourth-order valence-electron chi connectivity index (χ4n) is 2.01. The van der Waals surface area contributed by atoms with Gasteiger partial charge < -0.3 is 5.73 Å². The highest BCUT2D eigenvalue weighted by Crippen LogP contribution is 2.19. The number of nitrogens with zero attached hydrogens (tertiary/aromatic N) is 6. The Bertz CT molecular complexity index is 720. The largest absolute Gasteiger partial charge is 0.374 e. The summed E-state index contributed by atoms with van der Waals surface area (Å²) in [6.07, 6.45) is 0.663. The maximum Gasteiger partial charge on any atom is 0.236 e. The predicted molar refractivity (Wildman–Crippen MR) is 68.6 cm³/mol. The van der Waals surface area contributed by atoms with Crippen LogP contribution in [0, 0.1) is 13.8 Å². The molecular formula is C10H13N7S.